The first-order valence-corrected chi connectivity index (χ1v) is 9.47. The number of rotatable bonds is 4. The standard InChI is InChI=1S/C20H26N4O2/c21-11-10-19(25)22-17-8-6-16(7-9-17)20(26)24-14-12-23(13-15-24)18-4-2-1-3-5-18/h6-9,18H,1-5,10,12-15H2,(H,22,25). The number of carbonyl (C=O) groups excluding carboxylic acids is 2. The minimum absolute atomic E-state index is 0.0446. The number of hydrogen-bond donors (Lipinski definition) is 1. The van der Waals surface area contributed by atoms with Crippen LogP contribution >= 0.6 is 0 Å². The van der Waals surface area contributed by atoms with E-state index < -0.39 is 0 Å². The molecule has 6 nitrogen and oxygen atoms in total. The van der Waals surface area contributed by atoms with Crippen molar-refractivity contribution in [3.63, 3.8) is 0 Å². The summed E-state index contributed by atoms with van der Waals surface area (Å²) in [6.07, 6.45) is 6.45. The van der Waals surface area contributed by atoms with Crippen LogP contribution in [0.4, 0.5) is 5.69 Å². The van der Waals surface area contributed by atoms with Crippen LogP contribution in [0.15, 0.2) is 24.3 Å². The fourth-order valence-electron chi connectivity index (χ4n) is 3.89. The van der Waals surface area contributed by atoms with Gasteiger partial charge in [-0.1, -0.05) is 19.3 Å². The summed E-state index contributed by atoms with van der Waals surface area (Å²) < 4.78 is 0. The van der Waals surface area contributed by atoms with E-state index >= 15 is 0 Å². The molecule has 2 amide bonds. The number of carbonyl (C=O) groups is 2. The van der Waals surface area contributed by atoms with Crippen molar-refractivity contribution >= 4 is 17.5 Å². The first-order chi connectivity index (χ1) is 12.7. The number of nitrogens with one attached hydrogen (secondary N) is 1. The molecule has 1 N–H and O–H groups in total. The van der Waals surface area contributed by atoms with E-state index in [-0.39, 0.29) is 18.2 Å². The van der Waals surface area contributed by atoms with Gasteiger partial charge in [-0.25, -0.2) is 0 Å². The van der Waals surface area contributed by atoms with Gasteiger partial charge in [-0.3, -0.25) is 14.5 Å². The van der Waals surface area contributed by atoms with Crippen LogP contribution in [-0.4, -0.2) is 53.8 Å². The molecule has 0 bridgehead atoms. The van der Waals surface area contributed by atoms with Crippen LogP contribution in [0, 0.1) is 11.3 Å². The molecule has 138 valence electrons. The highest BCUT2D eigenvalue weighted by Crippen LogP contribution is 2.24. The van der Waals surface area contributed by atoms with Crippen molar-refractivity contribution in [2.24, 2.45) is 0 Å². The predicted octanol–water partition coefficient (Wildman–Crippen LogP) is 2.63. The lowest BCUT2D eigenvalue weighted by atomic mass is 9.94. The minimum Gasteiger partial charge on any atom is -0.336 e. The third kappa shape index (κ3) is 4.61. The highest BCUT2D eigenvalue weighted by molar-refractivity contribution is 5.96. The number of piperazine rings is 1. The highest BCUT2D eigenvalue weighted by atomic mass is 16.2. The summed E-state index contributed by atoms with van der Waals surface area (Å²) in [5, 5.41) is 11.2. The van der Waals surface area contributed by atoms with Crippen LogP contribution < -0.4 is 5.32 Å². The lowest BCUT2D eigenvalue weighted by Gasteiger charge is -2.40. The molecule has 0 unspecified atom stereocenters. The van der Waals surface area contributed by atoms with Crippen LogP contribution in [0.1, 0.15) is 48.9 Å². The number of nitrogens with zero attached hydrogens (tertiary/aromatic N) is 3. The summed E-state index contributed by atoms with van der Waals surface area (Å²) >= 11 is 0. The van der Waals surface area contributed by atoms with Gasteiger partial charge in [0, 0.05) is 43.5 Å². The van der Waals surface area contributed by atoms with Crippen molar-refractivity contribution < 1.29 is 9.59 Å². The molecule has 0 atom stereocenters. The molecule has 6 heteroatoms. The number of hydrogen-bond acceptors (Lipinski definition) is 4. The van der Waals surface area contributed by atoms with Crippen molar-refractivity contribution in [2.75, 3.05) is 31.5 Å². The number of anilines is 1. The minimum atomic E-state index is -0.342. The van der Waals surface area contributed by atoms with Crippen LogP contribution in [-0.2, 0) is 4.79 Å². The maximum Gasteiger partial charge on any atom is 0.253 e. The average Bonchev–Trinajstić information content (AvgIpc) is 2.69. The lowest BCUT2D eigenvalue weighted by Crippen LogP contribution is -2.52. The zero-order valence-electron chi connectivity index (χ0n) is 15.1. The van der Waals surface area contributed by atoms with E-state index in [9.17, 15) is 9.59 Å². The predicted molar refractivity (Wildman–Crippen MR) is 99.7 cm³/mol. The SMILES string of the molecule is N#CCC(=O)Nc1ccc(C(=O)N2CCN(C3CCCCC3)CC2)cc1. The second kappa shape index (κ2) is 8.81. The quantitative estimate of drug-likeness (QED) is 0.902. The molecule has 1 aliphatic carbocycles. The maximum absolute atomic E-state index is 12.7. The molecule has 1 aromatic carbocycles. The van der Waals surface area contributed by atoms with E-state index in [0.29, 0.717) is 17.3 Å². The van der Waals surface area contributed by atoms with Gasteiger partial charge in [0.05, 0.1) is 6.07 Å². The van der Waals surface area contributed by atoms with Crippen molar-refractivity contribution in [3.8, 4) is 6.07 Å². The molecule has 0 aromatic heterocycles. The Bertz CT molecular complexity index is 666. The van der Waals surface area contributed by atoms with Gasteiger partial charge < -0.3 is 10.2 Å². The van der Waals surface area contributed by atoms with Crippen LogP contribution in [0.5, 0.6) is 0 Å². The molecular weight excluding hydrogens is 328 g/mol. The summed E-state index contributed by atoms with van der Waals surface area (Å²) in [5.74, 6) is -0.298. The average molecular weight is 354 g/mol. The molecule has 0 radical (unpaired) electrons. The zero-order valence-corrected chi connectivity index (χ0v) is 15.1. The van der Waals surface area contributed by atoms with E-state index in [2.05, 4.69) is 10.2 Å². The van der Waals surface area contributed by atoms with Gasteiger partial charge in [0.25, 0.3) is 5.91 Å². The molecular formula is C20H26N4O2. The van der Waals surface area contributed by atoms with Gasteiger partial charge in [0.2, 0.25) is 5.91 Å². The van der Waals surface area contributed by atoms with Gasteiger partial charge in [0.15, 0.2) is 0 Å². The number of amides is 2. The molecule has 1 aromatic rings. The molecule has 3 rings (SSSR count). The Kier molecular flexibility index (Phi) is 6.24. The van der Waals surface area contributed by atoms with Gasteiger partial charge in [-0.15, -0.1) is 0 Å². The fraction of sp³-hybridized carbons (Fsp3) is 0.550. The van der Waals surface area contributed by atoms with Crippen molar-refractivity contribution in [2.45, 2.75) is 44.6 Å². The van der Waals surface area contributed by atoms with Gasteiger partial charge in [0.1, 0.15) is 6.42 Å². The summed E-state index contributed by atoms with van der Waals surface area (Å²) in [4.78, 5) is 28.6. The summed E-state index contributed by atoms with van der Waals surface area (Å²) in [6.45, 7) is 3.46. The Morgan fingerprint density at radius 1 is 1.04 bits per heavy atom. The molecule has 26 heavy (non-hydrogen) atoms. The number of benzene rings is 1. The van der Waals surface area contributed by atoms with Gasteiger partial charge >= 0.3 is 0 Å². The second-order valence-corrected chi connectivity index (χ2v) is 7.08. The summed E-state index contributed by atoms with van der Waals surface area (Å²) in [6, 6.07) is 9.40. The van der Waals surface area contributed by atoms with E-state index in [1.54, 1.807) is 24.3 Å². The van der Waals surface area contributed by atoms with Crippen molar-refractivity contribution in [1.82, 2.24) is 9.80 Å². The Morgan fingerprint density at radius 3 is 2.31 bits per heavy atom. The third-order valence-corrected chi connectivity index (χ3v) is 5.35. The van der Waals surface area contributed by atoms with Crippen LogP contribution in [0.3, 0.4) is 0 Å². The number of nitriles is 1. The Hall–Kier alpha value is -2.39. The Labute approximate surface area is 154 Å². The van der Waals surface area contributed by atoms with Gasteiger partial charge in [-0.05, 0) is 37.1 Å². The monoisotopic (exact) mass is 354 g/mol. The first-order valence-electron chi connectivity index (χ1n) is 9.47. The third-order valence-electron chi connectivity index (χ3n) is 5.35. The molecule has 1 heterocycles. The van der Waals surface area contributed by atoms with Crippen LogP contribution in [0.25, 0.3) is 0 Å². The summed E-state index contributed by atoms with van der Waals surface area (Å²) in [7, 11) is 0. The largest absolute Gasteiger partial charge is 0.336 e. The normalized spacial score (nSPS) is 19.0. The van der Waals surface area contributed by atoms with Crippen LogP contribution in [0.2, 0.25) is 0 Å². The molecule has 0 spiro atoms. The molecule has 1 saturated heterocycles. The molecule has 2 aliphatic rings. The zero-order chi connectivity index (χ0) is 18.4. The van der Waals surface area contributed by atoms with E-state index in [0.717, 1.165) is 26.2 Å². The highest BCUT2D eigenvalue weighted by Gasteiger charge is 2.27. The summed E-state index contributed by atoms with van der Waals surface area (Å²) in [5.41, 5.74) is 1.23. The molecule has 2 fully saturated rings. The second-order valence-electron chi connectivity index (χ2n) is 7.08. The Morgan fingerprint density at radius 2 is 1.69 bits per heavy atom. The van der Waals surface area contributed by atoms with Crippen molar-refractivity contribution in [3.05, 3.63) is 29.8 Å². The molecule has 1 aliphatic heterocycles. The Balaban J connectivity index is 1.51. The van der Waals surface area contributed by atoms with Crippen molar-refractivity contribution in [1.29, 1.82) is 5.26 Å². The smallest absolute Gasteiger partial charge is 0.253 e. The van der Waals surface area contributed by atoms with E-state index in [4.69, 9.17) is 5.26 Å². The fourth-order valence-corrected chi connectivity index (χ4v) is 3.89. The molecule has 1 saturated carbocycles. The maximum atomic E-state index is 12.7. The van der Waals surface area contributed by atoms with E-state index in [1.807, 2.05) is 11.0 Å². The topological polar surface area (TPSA) is 76.4 Å². The lowest BCUT2D eigenvalue weighted by molar-refractivity contribution is -0.115. The van der Waals surface area contributed by atoms with E-state index in [1.165, 1.54) is 32.1 Å². The van der Waals surface area contributed by atoms with Gasteiger partial charge in [-0.2, -0.15) is 5.26 Å². The first kappa shape index (κ1) is 18.4.